The van der Waals surface area contributed by atoms with Crippen molar-refractivity contribution in [1.82, 2.24) is 0 Å². The quantitative estimate of drug-likeness (QED) is 0.798. The molecule has 25 heavy (non-hydrogen) atoms. The van der Waals surface area contributed by atoms with E-state index in [2.05, 4.69) is 22.6 Å². The molecule has 128 valence electrons. The van der Waals surface area contributed by atoms with Crippen LogP contribution in [0.3, 0.4) is 0 Å². The van der Waals surface area contributed by atoms with Gasteiger partial charge in [-0.1, -0.05) is 60.9 Å². The van der Waals surface area contributed by atoms with Gasteiger partial charge in [-0.3, -0.25) is 0 Å². The summed E-state index contributed by atoms with van der Waals surface area (Å²) >= 11 is 0. The largest absolute Gasteiger partial charge is 0.282 e. The SMILES string of the molecule is Cc1ccc(S(=O)(=O)/N=C/C2=c3ccccc3=CC23CCCC3)cc1. The average molecular weight is 351 g/mol. The Balaban J connectivity index is 1.80. The molecule has 0 amide bonds. The van der Waals surface area contributed by atoms with Crippen molar-refractivity contribution in [2.75, 3.05) is 0 Å². The molecule has 1 saturated carbocycles. The third-order valence-electron chi connectivity index (χ3n) is 5.35. The first-order valence-corrected chi connectivity index (χ1v) is 10.1. The van der Waals surface area contributed by atoms with Gasteiger partial charge in [-0.05, 0) is 47.9 Å². The summed E-state index contributed by atoms with van der Waals surface area (Å²) in [5, 5.41) is 2.31. The number of nitrogens with zero attached hydrogens (tertiary/aromatic N) is 1. The molecule has 2 aliphatic rings. The molecule has 4 heteroatoms. The number of aryl methyl sites for hydroxylation is 1. The Hall–Kier alpha value is -2.20. The highest BCUT2D eigenvalue weighted by molar-refractivity contribution is 7.90. The second-order valence-corrected chi connectivity index (χ2v) is 8.66. The molecule has 0 saturated heterocycles. The van der Waals surface area contributed by atoms with Crippen molar-refractivity contribution in [2.45, 2.75) is 37.5 Å². The first kappa shape index (κ1) is 16.3. The molecule has 0 bridgehead atoms. The van der Waals surface area contributed by atoms with Crippen molar-refractivity contribution in [3.8, 4) is 0 Å². The van der Waals surface area contributed by atoms with E-state index in [4.69, 9.17) is 0 Å². The standard InChI is InChI=1S/C21H21NO2S/c1-16-8-10-18(11-9-16)25(23,24)22-15-20-19-7-3-2-6-17(19)14-21(20)12-4-5-13-21/h2-3,6-11,14-15H,4-5,12-13H2,1H3/b22-15+. The van der Waals surface area contributed by atoms with Crippen molar-refractivity contribution >= 4 is 27.9 Å². The maximum Gasteiger partial charge on any atom is 0.282 e. The van der Waals surface area contributed by atoms with E-state index >= 15 is 0 Å². The van der Waals surface area contributed by atoms with Gasteiger partial charge in [0.2, 0.25) is 0 Å². The van der Waals surface area contributed by atoms with Crippen LogP contribution in [0.15, 0.2) is 57.8 Å². The molecule has 1 spiro atoms. The zero-order valence-electron chi connectivity index (χ0n) is 14.3. The predicted octanol–water partition coefficient (Wildman–Crippen LogP) is 2.96. The van der Waals surface area contributed by atoms with Crippen molar-refractivity contribution < 1.29 is 8.42 Å². The molecular formula is C21H21NO2S. The number of hydrogen-bond acceptors (Lipinski definition) is 2. The zero-order valence-corrected chi connectivity index (χ0v) is 15.1. The molecule has 1 fully saturated rings. The third-order valence-corrected chi connectivity index (χ3v) is 6.61. The Bertz CT molecular complexity index is 1060. The molecule has 0 radical (unpaired) electrons. The van der Waals surface area contributed by atoms with Crippen LogP contribution >= 0.6 is 0 Å². The number of benzene rings is 2. The van der Waals surface area contributed by atoms with Crippen LogP contribution in [0.4, 0.5) is 0 Å². The van der Waals surface area contributed by atoms with Crippen LogP contribution in [0.5, 0.6) is 0 Å². The highest BCUT2D eigenvalue weighted by Crippen LogP contribution is 2.46. The minimum atomic E-state index is -3.68. The Morgan fingerprint density at radius 2 is 1.68 bits per heavy atom. The second-order valence-electron chi connectivity index (χ2n) is 7.03. The fourth-order valence-corrected chi connectivity index (χ4v) is 4.87. The van der Waals surface area contributed by atoms with Crippen LogP contribution in [0, 0.1) is 12.3 Å². The number of fused-ring (bicyclic) bond motifs is 1. The smallest absolute Gasteiger partial charge is 0.199 e. The molecule has 2 aromatic rings. The molecular weight excluding hydrogens is 330 g/mol. The lowest BCUT2D eigenvalue weighted by Gasteiger charge is -2.23. The van der Waals surface area contributed by atoms with Gasteiger partial charge in [-0.25, -0.2) is 0 Å². The van der Waals surface area contributed by atoms with E-state index in [1.807, 2.05) is 19.1 Å². The molecule has 0 aromatic heterocycles. The van der Waals surface area contributed by atoms with Gasteiger partial charge in [0, 0.05) is 11.6 Å². The summed E-state index contributed by atoms with van der Waals surface area (Å²) < 4.78 is 29.2. The summed E-state index contributed by atoms with van der Waals surface area (Å²) in [5.74, 6) is 0. The molecule has 2 aliphatic carbocycles. The van der Waals surface area contributed by atoms with Crippen LogP contribution in [0.1, 0.15) is 31.2 Å². The van der Waals surface area contributed by atoms with Crippen LogP contribution in [-0.4, -0.2) is 14.6 Å². The third kappa shape index (κ3) is 2.85. The van der Waals surface area contributed by atoms with Gasteiger partial charge in [-0.2, -0.15) is 12.8 Å². The van der Waals surface area contributed by atoms with Crippen molar-refractivity contribution in [3.05, 3.63) is 64.5 Å². The van der Waals surface area contributed by atoms with Gasteiger partial charge in [0.15, 0.2) is 0 Å². The number of sulfonamides is 1. The van der Waals surface area contributed by atoms with E-state index in [1.165, 1.54) is 18.1 Å². The molecule has 0 aliphatic heterocycles. The molecule has 2 aromatic carbocycles. The molecule has 0 atom stereocenters. The monoisotopic (exact) mass is 351 g/mol. The Morgan fingerprint density at radius 3 is 2.40 bits per heavy atom. The van der Waals surface area contributed by atoms with Crippen LogP contribution in [-0.2, 0) is 10.0 Å². The summed E-state index contributed by atoms with van der Waals surface area (Å²) in [6, 6.07) is 15.0. The molecule has 0 N–H and O–H groups in total. The summed E-state index contributed by atoms with van der Waals surface area (Å²) in [7, 11) is -3.68. The first-order valence-electron chi connectivity index (χ1n) is 8.70. The fourth-order valence-electron chi connectivity index (χ4n) is 4.02. The zero-order chi connectivity index (χ0) is 17.5. The highest BCUT2D eigenvalue weighted by Gasteiger charge is 2.37. The molecule has 0 unspecified atom stereocenters. The highest BCUT2D eigenvalue weighted by atomic mass is 32.2. The minimum Gasteiger partial charge on any atom is -0.199 e. The minimum absolute atomic E-state index is 0.0457. The Kier molecular flexibility index (Phi) is 3.88. The van der Waals surface area contributed by atoms with Gasteiger partial charge >= 0.3 is 0 Å². The topological polar surface area (TPSA) is 46.5 Å². The van der Waals surface area contributed by atoms with Gasteiger partial charge in [-0.15, -0.1) is 0 Å². The van der Waals surface area contributed by atoms with Crippen LogP contribution < -0.4 is 10.4 Å². The molecule has 4 rings (SSSR count). The lowest BCUT2D eigenvalue weighted by molar-refractivity contribution is 0.583. The van der Waals surface area contributed by atoms with Crippen molar-refractivity contribution in [2.24, 2.45) is 9.81 Å². The van der Waals surface area contributed by atoms with E-state index in [9.17, 15) is 8.42 Å². The number of hydrogen-bond donors (Lipinski definition) is 0. The summed E-state index contributed by atoms with van der Waals surface area (Å²) in [5.41, 5.74) is 2.04. The van der Waals surface area contributed by atoms with Gasteiger partial charge in [0.25, 0.3) is 10.0 Å². The Morgan fingerprint density at radius 1 is 1.00 bits per heavy atom. The lowest BCUT2D eigenvalue weighted by atomic mass is 9.81. The molecule has 3 nitrogen and oxygen atoms in total. The van der Waals surface area contributed by atoms with E-state index in [1.54, 1.807) is 30.5 Å². The van der Waals surface area contributed by atoms with E-state index < -0.39 is 10.0 Å². The normalized spacial score (nSPS) is 18.7. The predicted molar refractivity (Wildman–Crippen MR) is 101 cm³/mol. The summed E-state index contributed by atoms with van der Waals surface area (Å²) in [6.45, 7) is 1.94. The lowest BCUT2D eigenvalue weighted by Crippen LogP contribution is -2.23. The summed E-state index contributed by atoms with van der Waals surface area (Å²) in [4.78, 5) is 0.241. The van der Waals surface area contributed by atoms with E-state index in [0.717, 1.165) is 29.2 Å². The van der Waals surface area contributed by atoms with Crippen LogP contribution in [0.2, 0.25) is 0 Å². The van der Waals surface area contributed by atoms with Crippen molar-refractivity contribution in [1.29, 1.82) is 0 Å². The fraction of sp³-hybridized carbons (Fsp3) is 0.286. The van der Waals surface area contributed by atoms with Gasteiger partial charge in [0.05, 0.1) is 4.90 Å². The van der Waals surface area contributed by atoms with E-state index in [-0.39, 0.29) is 10.3 Å². The Labute approximate surface area is 148 Å². The summed E-state index contributed by atoms with van der Waals surface area (Å²) in [6.07, 6.45) is 8.39. The van der Waals surface area contributed by atoms with Crippen LogP contribution in [0.25, 0.3) is 11.6 Å². The maximum absolute atomic E-state index is 12.6. The maximum atomic E-state index is 12.6. The van der Waals surface area contributed by atoms with E-state index in [0.29, 0.717) is 0 Å². The first-order chi connectivity index (χ1) is 12.0. The van der Waals surface area contributed by atoms with Gasteiger partial charge in [0.1, 0.15) is 0 Å². The molecule has 0 heterocycles. The second kappa shape index (κ2) is 5.95. The average Bonchev–Trinajstić information content (AvgIpc) is 3.18. The van der Waals surface area contributed by atoms with Crippen molar-refractivity contribution in [3.63, 3.8) is 0 Å². The number of rotatable bonds is 3. The van der Waals surface area contributed by atoms with Gasteiger partial charge < -0.3 is 0 Å².